The lowest BCUT2D eigenvalue weighted by atomic mass is 9.88. The third-order valence-corrected chi connectivity index (χ3v) is 4.90. The van der Waals surface area contributed by atoms with Gasteiger partial charge < -0.3 is 4.74 Å². The average molecular weight is 210 g/mol. The summed E-state index contributed by atoms with van der Waals surface area (Å²) in [6.07, 6.45) is 6.57. The minimum atomic E-state index is 0.264. The number of rotatable bonds is 4. The molecule has 2 aliphatic carbocycles. The normalized spacial score (nSPS) is 42.4. The maximum Gasteiger partial charge on any atom is 0.0773 e. The van der Waals surface area contributed by atoms with Gasteiger partial charge in [0.15, 0.2) is 0 Å². The van der Waals surface area contributed by atoms with Gasteiger partial charge in [-0.3, -0.25) is 0 Å². The molecule has 0 bridgehead atoms. The van der Waals surface area contributed by atoms with E-state index in [1.165, 1.54) is 32.1 Å². The van der Waals surface area contributed by atoms with E-state index in [4.69, 9.17) is 4.74 Å². The van der Waals surface area contributed by atoms with Crippen LogP contribution in [0.1, 0.15) is 59.8 Å². The zero-order valence-electron chi connectivity index (χ0n) is 10.8. The SMILES string of the molecule is CCCCOC12CC(C)CCC1C2(C)C. The Morgan fingerprint density at radius 3 is 2.67 bits per heavy atom. The van der Waals surface area contributed by atoms with Gasteiger partial charge >= 0.3 is 0 Å². The summed E-state index contributed by atoms with van der Waals surface area (Å²) in [6, 6.07) is 0. The molecule has 2 saturated carbocycles. The molecule has 88 valence electrons. The molecule has 0 amide bonds. The first-order chi connectivity index (χ1) is 7.04. The van der Waals surface area contributed by atoms with E-state index in [0.717, 1.165) is 18.4 Å². The molecular weight excluding hydrogens is 184 g/mol. The van der Waals surface area contributed by atoms with Crippen LogP contribution in [0.15, 0.2) is 0 Å². The number of hydrogen-bond donors (Lipinski definition) is 0. The summed E-state index contributed by atoms with van der Waals surface area (Å²) in [5, 5.41) is 0. The molecule has 0 aromatic carbocycles. The standard InChI is InChI=1S/C14H26O/c1-5-6-9-15-14-10-11(2)7-8-12(14)13(14,3)4/h11-12H,5-10H2,1-4H3. The fourth-order valence-electron chi connectivity index (χ4n) is 3.74. The van der Waals surface area contributed by atoms with E-state index in [2.05, 4.69) is 27.7 Å². The molecule has 0 aromatic rings. The van der Waals surface area contributed by atoms with Crippen LogP contribution >= 0.6 is 0 Å². The van der Waals surface area contributed by atoms with Crippen molar-refractivity contribution in [2.75, 3.05) is 6.61 Å². The van der Waals surface area contributed by atoms with Crippen LogP contribution in [-0.4, -0.2) is 12.2 Å². The molecule has 15 heavy (non-hydrogen) atoms. The van der Waals surface area contributed by atoms with Crippen molar-refractivity contribution in [2.24, 2.45) is 17.3 Å². The van der Waals surface area contributed by atoms with Crippen LogP contribution in [0, 0.1) is 17.3 Å². The van der Waals surface area contributed by atoms with Crippen molar-refractivity contribution >= 4 is 0 Å². The summed E-state index contributed by atoms with van der Waals surface area (Å²) in [7, 11) is 0. The predicted molar refractivity (Wildman–Crippen MR) is 63.9 cm³/mol. The first-order valence-corrected chi connectivity index (χ1v) is 6.68. The molecule has 2 rings (SSSR count). The van der Waals surface area contributed by atoms with E-state index < -0.39 is 0 Å². The number of ether oxygens (including phenoxy) is 1. The smallest absolute Gasteiger partial charge is 0.0773 e. The average Bonchev–Trinajstić information content (AvgIpc) is 2.63. The molecule has 0 saturated heterocycles. The van der Waals surface area contributed by atoms with Crippen LogP contribution in [0.5, 0.6) is 0 Å². The van der Waals surface area contributed by atoms with Crippen molar-refractivity contribution in [2.45, 2.75) is 65.4 Å². The number of hydrogen-bond acceptors (Lipinski definition) is 1. The molecule has 3 atom stereocenters. The van der Waals surface area contributed by atoms with E-state index in [1.807, 2.05) is 0 Å². The van der Waals surface area contributed by atoms with Gasteiger partial charge in [0.1, 0.15) is 0 Å². The molecule has 2 aliphatic rings. The van der Waals surface area contributed by atoms with Gasteiger partial charge in [-0.15, -0.1) is 0 Å². The molecule has 1 heteroatoms. The Morgan fingerprint density at radius 1 is 1.27 bits per heavy atom. The molecule has 0 aliphatic heterocycles. The predicted octanol–water partition coefficient (Wildman–Crippen LogP) is 4.02. The summed E-state index contributed by atoms with van der Waals surface area (Å²) in [4.78, 5) is 0. The third-order valence-electron chi connectivity index (χ3n) is 4.90. The topological polar surface area (TPSA) is 9.23 Å². The highest BCUT2D eigenvalue weighted by atomic mass is 16.5. The minimum absolute atomic E-state index is 0.264. The van der Waals surface area contributed by atoms with Crippen molar-refractivity contribution in [1.82, 2.24) is 0 Å². The van der Waals surface area contributed by atoms with E-state index >= 15 is 0 Å². The lowest BCUT2D eigenvalue weighted by Crippen LogP contribution is -2.28. The van der Waals surface area contributed by atoms with Crippen LogP contribution in [0.25, 0.3) is 0 Å². The molecule has 0 heterocycles. The highest BCUT2D eigenvalue weighted by molar-refractivity contribution is 5.22. The van der Waals surface area contributed by atoms with Crippen molar-refractivity contribution < 1.29 is 4.74 Å². The van der Waals surface area contributed by atoms with Gasteiger partial charge in [0, 0.05) is 6.61 Å². The maximum absolute atomic E-state index is 6.27. The Hall–Kier alpha value is -0.0400. The van der Waals surface area contributed by atoms with Gasteiger partial charge in [0.05, 0.1) is 5.60 Å². The summed E-state index contributed by atoms with van der Waals surface area (Å²) in [6.45, 7) is 10.4. The summed E-state index contributed by atoms with van der Waals surface area (Å²) in [5.74, 6) is 1.71. The second-order valence-corrected chi connectivity index (χ2v) is 6.25. The van der Waals surface area contributed by atoms with Crippen LogP contribution in [0.2, 0.25) is 0 Å². The van der Waals surface area contributed by atoms with Crippen molar-refractivity contribution in [1.29, 1.82) is 0 Å². The van der Waals surface area contributed by atoms with Crippen LogP contribution in [-0.2, 0) is 4.74 Å². The van der Waals surface area contributed by atoms with Crippen LogP contribution in [0.3, 0.4) is 0 Å². The molecule has 1 nitrogen and oxygen atoms in total. The van der Waals surface area contributed by atoms with Crippen molar-refractivity contribution in [3.8, 4) is 0 Å². The van der Waals surface area contributed by atoms with Crippen molar-refractivity contribution in [3.05, 3.63) is 0 Å². The first kappa shape index (κ1) is 11.4. The fraction of sp³-hybridized carbons (Fsp3) is 1.00. The maximum atomic E-state index is 6.27. The Kier molecular flexibility index (Phi) is 2.87. The van der Waals surface area contributed by atoms with E-state index in [9.17, 15) is 0 Å². The Labute approximate surface area is 94.6 Å². The van der Waals surface area contributed by atoms with Crippen molar-refractivity contribution in [3.63, 3.8) is 0 Å². The van der Waals surface area contributed by atoms with Crippen LogP contribution < -0.4 is 0 Å². The lowest BCUT2D eigenvalue weighted by Gasteiger charge is -2.28. The Bertz CT molecular complexity index is 233. The second kappa shape index (κ2) is 3.76. The quantitative estimate of drug-likeness (QED) is 0.637. The third kappa shape index (κ3) is 1.63. The second-order valence-electron chi connectivity index (χ2n) is 6.25. The van der Waals surface area contributed by atoms with E-state index in [1.54, 1.807) is 0 Å². The first-order valence-electron chi connectivity index (χ1n) is 6.68. The van der Waals surface area contributed by atoms with Gasteiger partial charge in [-0.2, -0.15) is 0 Å². The summed E-state index contributed by atoms with van der Waals surface area (Å²) < 4.78 is 6.27. The zero-order chi connectivity index (χ0) is 11.1. The van der Waals surface area contributed by atoms with E-state index in [-0.39, 0.29) is 5.60 Å². The fourth-order valence-corrected chi connectivity index (χ4v) is 3.74. The monoisotopic (exact) mass is 210 g/mol. The van der Waals surface area contributed by atoms with Gasteiger partial charge in [0.25, 0.3) is 0 Å². The molecule has 0 aromatic heterocycles. The lowest BCUT2D eigenvalue weighted by molar-refractivity contribution is -0.0263. The molecular formula is C14H26O. The van der Waals surface area contributed by atoms with Gasteiger partial charge in [0.2, 0.25) is 0 Å². The summed E-state index contributed by atoms with van der Waals surface area (Å²) in [5.41, 5.74) is 0.714. The Balaban J connectivity index is 1.98. The molecule has 3 unspecified atom stereocenters. The van der Waals surface area contributed by atoms with Crippen LogP contribution in [0.4, 0.5) is 0 Å². The molecule has 2 fully saturated rings. The minimum Gasteiger partial charge on any atom is -0.374 e. The number of fused-ring (bicyclic) bond motifs is 1. The van der Waals surface area contributed by atoms with Gasteiger partial charge in [-0.25, -0.2) is 0 Å². The van der Waals surface area contributed by atoms with E-state index in [0.29, 0.717) is 5.41 Å². The van der Waals surface area contributed by atoms with Gasteiger partial charge in [-0.05, 0) is 36.5 Å². The molecule has 0 N–H and O–H groups in total. The summed E-state index contributed by atoms with van der Waals surface area (Å²) >= 11 is 0. The largest absolute Gasteiger partial charge is 0.374 e. The molecule has 0 spiro atoms. The molecule has 0 radical (unpaired) electrons. The van der Waals surface area contributed by atoms with Gasteiger partial charge in [-0.1, -0.05) is 40.5 Å². The number of unbranched alkanes of at least 4 members (excludes halogenated alkanes) is 1. The Morgan fingerprint density at radius 2 is 2.00 bits per heavy atom. The highest BCUT2D eigenvalue weighted by Crippen LogP contribution is 2.70. The highest BCUT2D eigenvalue weighted by Gasteiger charge is 2.72. The zero-order valence-corrected chi connectivity index (χ0v) is 10.8.